The SMILES string of the molecule is C=C(C)C(=O)OC(=O)CCCOCCC. The van der Waals surface area contributed by atoms with Gasteiger partial charge in [-0.1, -0.05) is 13.5 Å². The summed E-state index contributed by atoms with van der Waals surface area (Å²) in [6.07, 6.45) is 1.73. The molecule has 0 heterocycles. The smallest absolute Gasteiger partial charge is 0.340 e. The second-order valence-electron chi connectivity index (χ2n) is 3.26. The number of hydrogen-bond donors (Lipinski definition) is 0. The monoisotopic (exact) mass is 214 g/mol. The lowest BCUT2D eigenvalue weighted by molar-refractivity contribution is -0.157. The quantitative estimate of drug-likeness (QED) is 0.281. The zero-order valence-electron chi connectivity index (χ0n) is 9.38. The first-order chi connectivity index (χ1) is 7.07. The summed E-state index contributed by atoms with van der Waals surface area (Å²) in [5, 5.41) is 0. The zero-order valence-corrected chi connectivity index (χ0v) is 9.38. The molecule has 86 valence electrons. The Morgan fingerprint density at radius 1 is 1.27 bits per heavy atom. The third kappa shape index (κ3) is 7.88. The molecule has 0 aromatic carbocycles. The van der Waals surface area contributed by atoms with Gasteiger partial charge >= 0.3 is 11.9 Å². The summed E-state index contributed by atoms with van der Waals surface area (Å²) < 4.78 is 9.66. The Bertz CT molecular complexity index is 233. The standard InChI is InChI=1S/C11H18O4/c1-4-7-14-8-5-6-10(12)15-11(13)9(2)3/h2,4-8H2,1,3H3. The zero-order chi connectivity index (χ0) is 11.7. The fourth-order valence-electron chi connectivity index (χ4n) is 0.807. The van der Waals surface area contributed by atoms with Crippen LogP contribution in [-0.2, 0) is 19.1 Å². The van der Waals surface area contributed by atoms with Crippen LogP contribution < -0.4 is 0 Å². The van der Waals surface area contributed by atoms with Gasteiger partial charge in [0.25, 0.3) is 0 Å². The van der Waals surface area contributed by atoms with E-state index < -0.39 is 11.9 Å². The van der Waals surface area contributed by atoms with Crippen molar-refractivity contribution in [1.29, 1.82) is 0 Å². The van der Waals surface area contributed by atoms with E-state index in [9.17, 15) is 9.59 Å². The van der Waals surface area contributed by atoms with Gasteiger partial charge in [0.2, 0.25) is 0 Å². The van der Waals surface area contributed by atoms with Gasteiger partial charge in [-0.25, -0.2) is 4.79 Å². The molecule has 0 saturated carbocycles. The summed E-state index contributed by atoms with van der Waals surface area (Å²) in [7, 11) is 0. The van der Waals surface area contributed by atoms with Crippen molar-refractivity contribution in [2.24, 2.45) is 0 Å². The maximum absolute atomic E-state index is 11.1. The Morgan fingerprint density at radius 2 is 1.93 bits per heavy atom. The van der Waals surface area contributed by atoms with Crippen LogP contribution in [0, 0.1) is 0 Å². The molecule has 0 saturated heterocycles. The first kappa shape index (κ1) is 13.8. The lowest BCUT2D eigenvalue weighted by Gasteiger charge is -2.03. The molecule has 4 heteroatoms. The summed E-state index contributed by atoms with van der Waals surface area (Å²) in [6, 6.07) is 0. The van der Waals surface area contributed by atoms with Crippen molar-refractivity contribution in [2.75, 3.05) is 13.2 Å². The molecule has 0 N–H and O–H groups in total. The highest BCUT2D eigenvalue weighted by Crippen LogP contribution is 1.98. The van der Waals surface area contributed by atoms with Gasteiger partial charge in [-0.2, -0.15) is 0 Å². The molecule has 0 fully saturated rings. The van der Waals surface area contributed by atoms with Crippen molar-refractivity contribution in [3.8, 4) is 0 Å². The van der Waals surface area contributed by atoms with Gasteiger partial charge in [-0.3, -0.25) is 4.79 Å². The van der Waals surface area contributed by atoms with E-state index in [1.807, 2.05) is 6.92 Å². The van der Waals surface area contributed by atoms with Crippen LogP contribution in [0.2, 0.25) is 0 Å². The highest BCUT2D eigenvalue weighted by molar-refractivity contribution is 5.95. The topological polar surface area (TPSA) is 52.6 Å². The molecule has 0 aliphatic rings. The van der Waals surface area contributed by atoms with Gasteiger partial charge in [0.05, 0.1) is 0 Å². The normalized spacial score (nSPS) is 9.73. The number of hydrogen-bond acceptors (Lipinski definition) is 4. The molecule has 0 radical (unpaired) electrons. The number of rotatable bonds is 7. The first-order valence-corrected chi connectivity index (χ1v) is 5.06. The Balaban J connectivity index is 3.49. The van der Waals surface area contributed by atoms with Gasteiger partial charge in [0.1, 0.15) is 0 Å². The van der Waals surface area contributed by atoms with Crippen LogP contribution in [0.15, 0.2) is 12.2 Å². The summed E-state index contributed by atoms with van der Waals surface area (Å²) in [5.74, 6) is -1.18. The average molecular weight is 214 g/mol. The maximum Gasteiger partial charge on any atom is 0.340 e. The third-order valence-corrected chi connectivity index (χ3v) is 1.57. The van der Waals surface area contributed by atoms with E-state index in [-0.39, 0.29) is 12.0 Å². The van der Waals surface area contributed by atoms with Crippen molar-refractivity contribution in [3.05, 3.63) is 12.2 Å². The number of carbonyl (C=O) groups is 2. The fraction of sp³-hybridized carbons (Fsp3) is 0.636. The van der Waals surface area contributed by atoms with Crippen molar-refractivity contribution >= 4 is 11.9 Å². The molecule has 0 unspecified atom stereocenters. The van der Waals surface area contributed by atoms with Gasteiger partial charge in [0.15, 0.2) is 0 Å². The second-order valence-corrected chi connectivity index (χ2v) is 3.26. The van der Waals surface area contributed by atoms with E-state index >= 15 is 0 Å². The van der Waals surface area contributed by atoms with Gasteiger partial charge in [-0.15, -0.1) is 0 Å². The van der Waals surface area contributed by atoms with Gasteiger partial charge in [0, 0.05) is 25.2 Å². The molecule has 0 spiro atoms. The minimum absolute atomic E-state index is 0.197. The molecular formula is C11H18O4. The van der Waals surface area contributed by atoms with Crippen LogP contribution in [-0.4, -0.2) is 25.2 Å². The van der Waals surface area contributed by atoms with Crippen molar-refractivity contribution in [3.63, 3.8) is 0 Å². The predicted octanol–water partition coefficient (Wildman–Crippen LogP) is 1.84. The Labute approximate surface area is 90.2 Å². The lowest BCUT2D eigenvalue weighted by Crippen LogP contribution is -2.13. The molecule has 0 aliphatic heterocycles. The Morgan fingerprint density at radius 3 is 2.47 bits per heavy atom. The molecular weight excluding hydrogens is 196 g/mol. The third-order valence-electron chi connectivity index (χ3n) is 1.57. The van der Waals surface area contributed by atoms with Crippen LogP contribution in [0.3, 0.4) is 0 Å². The maximum atomic E-state index is 11.1. The van der Waals surface area contributed by atoms with Crippen LogP contribution in [0.25, 0.3) is 0 Å². The van der Waals surface area contributed by atoms with Crippen LogP contribution in [0.4, 0.5) is 0 Å². The lowest BCUT2D eigenvalue weighted by atomic mass is 10.3. The number of ether oxygens (including phenoxy) is 2. The van der Waals surface area contributed by atoms with E-state index in [4.69, 9.17) is 4.74 Å². The summed E-state index contributed by atoms with van der Waals surface area (Å²) in [5.41, 5.74) is 0.227. The molecule has 0 aromatic rings. The van der Waals surface area contributed by atoms with Crippen LogP contribution in [0.1, 0.15) is 33.1 Å². The summed E-state index contributed by atoms with van der Waals surface area (Å²) >= 11 is 0. The largest absolute Gasteiger partial charge is 0.390 e. The second kappa shape index (κ2) is 8.17. The molecule has 0 rings (SSSR count). The highest BCUT2D eigenvalue weighted by atomic mass is 16.6. The average Bonchev–Trinajstić information content (AvgIpc) is 2.17. The van der Waals surface area contributed by atoms with Crippen LogP contribution in [0.5, 0.6) is 0 Å². The van der Waals surface area contributed by atoms with Crippen molar-refractivity contribution < 1.29 is 19.1 Å². The predicted molar refractivity (Wildman–Crippen MR) is 56.3 cm³/mol. The molecule has 15 heavy (non-hydrogen) atoms. The minimum Gasteiger partial charge on any atom is -0.390 e. The molecule has 4 nitrogen and oxygen atoms in total. The van der Waals surface area contributed by atoms with E-state index in [1.165, 1.54) is 6.92 Å². The van der Waals surface area contributed by atoms with Crippen molar-refractivity contribution in [1.82, 2.24) is 0 Å². The highest BCUT2D eigenvalue weighted by Gasteiger charge is 2.10. The Hall–Kier alpha value is -1.16. The Kier molecular flexibility index (Phi) is 7.54. The molecule has 0 atom stereocenters. The summed E-state index contributed by atoms with van der Waals surface area (Å²) in [4.78, 5) is 22.0. The van der Waals surface area contributed by atoms with Gasteiger partial charge < -0.3 is 9.47 Å². The van der Waals surface area contributed by atoms with Crippen molar-refractivity contribution in [2.45, 2.75) is 33.1 Å². The van der Waals surface area contributed by atoms with E-state index in [0.717, 1.165) is 6.42 Å². The van der Waals surface area contributed by atoms with E-state index in [2.05, 4.69) is 11.3 Å². The number of esters is 2. The van der Waals surface area contributed by atoms with Crippen LogP contribution >= 0.6 is 0 Å². The minimum atomic E-state index is -0.658. The molecule has 0 amide bonds. The van der Waals surface area contributed by atoms with Gasteiger partial charge in [-0.05, 0) is 19.8 Å². The molecule has 0 aromatic heterocycles. The molecule has 0 aliphatic carbocycles. The fourth-order valence-corrected chi connectivity index (χ4v) is 0.807. The number of carbonyl (C=O) groups excluding carboxylic acids is 2. The molecule has 0 bridgehead atoms. The van der Waals surface area contributed by atoms with E-state index in [1.54, 1.807) is 0 Å². The van der Waals surface area contributed by atoms with E-state index in [0.29, 0.717) is 19.6 Å². The summed E-state index contributed by atoms with van der Waals surface area (Å²) in [6.45, 7) is 8.10. The first-order valence-electron chi connectivity index (χ1n) is 5.06.